The topological polar surface area (TPSA) is 4.93 Å². The number of hydrogen-bond acceptors (Lipinski definition) is 0. The summed E-state index contributed by atoms with van der Waals surface area (Å²) < 4.78 is 2.41. The molecule has 11 rings (SSSR count). The second kappa shape index (κ2) is 14.6. The normalized spacial score (nSPS) is 13.3. The molecule has 0 fully saturated rings. The highest BCUT2D eigenvalue weighted by molar-refractivity contribution is 6.10. The quantitative estimate of drug-likeness (QED) is 0.145. The Morgan fingerprint density at radius 2 is 0.933 bits per heavy atom. The van der Waals surface area contributed by atoms with Crippen molar-refractivity contribution in [2.75, 3.05) is 0 Å². The Morgan fingerprint density at radius 3 is 1.68 bits per heavy atom. The van der Waals surface area contributed by atoms with Crippen LogP contribution in [0.2, 0.25) is 0 Å². The lowest BCUT2D eigenvalue weighted by atomic mass is 9.79. The number of nitrogens with zero attached hydrogens (tertiary/aromatic N) is 1. The lowest BCUT2D eigenvalue weighted by Gasteiger charge is -2.24. The van der Waals surface area contributed by atoms with Crippen molar-refractivity contribution >= 4 is 21.8 Å². The van der Waals surface area contributed by atoms with Gasteiger partial charge in [0.25, 0.3) is 0 Å². The third kappa shape index (κ3) is 6.17. The van der Waals surface area contributed by atoms with Gasteiger partial charge in [0.2, 0.25) is 0 Å². The second-order valence-corrected chi connectivity index (χ2v) is 16.9. The summed E-state index contributed by atoms with van der Waals surface area (Å²) in [6.07, 6.45) is 0.894. The fourth-order valence-corrected chi connectivity index (χ4v) is 9.88. The zero-order valence-corrected chi connectivity index (χ0v) is 34.0. The predicted octanol–water partition coefficient (Wildman–Crippen LogP) is 15.5. The van der Waals surface area contributed by atoms with Crippen molar-refractivity contribution in [3.05, 3.63) is 246 Å². The molecule has 0 aliphatic heterocycles. The van der Waals surface area contributed by atoms with Crippen molar-refractivity contribution in [3.63, 3.8) is 0 Å². The number of para-hydroxylation sites is 1. The Labute approximate surface area is 352 Å². The molecule has 0 amide bonds. The van der Waals surface area contributed by atoms with Crippen LogP contribution in [0.4, 0.5) is 0 Å². The molecule has 1 aliphatic carbocycles. The fraction of sp³-hybridized carbons (Fsp3) is 0.0847. The number of aromatic nitrogens is 1. The first-order valence-corrected chi connectivity index (χ1v) is 21.2. The van der Waals surface area contributed by atoms with E-state index >= 15 is 0 Å². The van der Waals surface area contributed by atoms with Crippen LogP contribution in [-0.4, -0.2) is 4.57 Å². The second-order valence-electron chi connectivity index (χ2n) is 16.9. The van der Waals surface area contributed by atoms with Crippen LogP contribution in [0.5, 0.6) is 0 Å². The molecule has 1 aliphatic rings. The van der Waals surface area contributed by atoms with Gasteiger partial charge in [0, 0.05) is 27.8 Å². The van der Waals surface area contributed by atoms with E-state index in [1.54, 1.807) is 0 Å². The molecule has 0 bridgehead atoms. The maximum Gasteiger partial charge on any atom is 0.0541 e. The van der Waals surface area contributed by atoms with Crippen molar-refractivity contribution in [1.29, 1.82) is 0 Å². The molecule has 286 valence electrons. The Morgan fingerprint density at radius 1 is 0.383 bits per heavy atom. The zero-order chi connectivity index (χ0) is 40.2. The van der Waals surface area contributed by atoms with Gasteiger partial charge in [-0.15, -0.1) is 0 Å². The summed E-state index contributed by atoms with van der Waals surface area (Å²) in [6, 6.07) is 80.8. The van der Waals surface area contributed by atoms with Gasteiger partial charge in [0.1, 0.15) is 0 Å². The van der Waals surface area contributed by atoms with Crippen LogP contribution in [0.1, 0.15) is 47.6 Å². The number of benzene rings is 9. The van der Waals surface area contributed by atoms with E-state index in [0.29, 0.717) is 0 Å². The molecule has 9 aromatic carbocycles. The molecular weight excluding hydrogens is 723 g/mol. The summed E-state index contributed by atoms with van der Waals surface area (Å²) in [4.78, 5) is 0. The average Bonchev–Trinajstić information content (AvgIpc) is 3.76. The molecule has 0 radical (unpaired) electrons. The van der Waals surface area contributed by atoms with Crippen LogP contribution < -0.4 is 0 Å². The molecule has 0 spiro atoms. The van der Waals surface area contributed by atoms with Gasteiger partial charge < -0.3 is 4.57 Å². The maximum absolute atomic E-state index is 2.51. The minimum atomic E-state index is -0.0586. The summed E-state index contributed by atoms with van der Waals surface area (Å²) in [5.74, 6) is 0.184. The fourth-order valence-electron chi connectivity index (χ4n) is 9.88. The Hall–Kier alpha value is -7.22. The lowest BCUT2D eigenvalue weighted by Crippen LogP contribution is -2.16. The molecule has 1 aromatic heterocycles. The zero-order valence-electron chi connectivity index (χ0n) is 34.0. The summed E-state index contributed by atoms with van der Waals surface area (Å²) in [5, 5.41) is 2.53. The summed E-state index contributed by atoms with van der Waals surface area (Å²) in [6.45, 7) is 4.76. The van der Waals surface area contributed by atoms with Crippen LogP contribution in [0, 0.1) is 0 Å². The Bertz CT molecular complexity index is 3170. The van der Waals surface area contributed by atoms with E-state index in [9.17, 15) is 0 Å². The molecule has 1 heterocycles. The van der Waals surface area contributed by atoms with Crippen LogP contribution in [-0.2, 0) is 11.8 Å². The van der Waals surface area contributed by atoms with Crippen molar-refractivity contribution in [3.8, 4) is 50.2 Å². The van der Waals surface area contributed by atoms with Gasteiger partial charge in [-0.25, -0.2) is 0 Å². The molecule has 60 heavy (non-hydrogen) atoms. The van der Waals surface area contributed by atoms with E-state index in [1.165, 1.54) is 94.1 Å². The van der Waals surface area contributed by atoms with Gasteiger partial charge in [0.15, 0.2) is 0 Å². The van der Waals surface area contributed by atoms with Crippen molar-refractivity contribution in [2.24, 2.45) is 0 Å². The summed E-state index contributed by atoms with van der Waals surface area (Å²) in [7, 11) is 0. The van der Waals surface area contributed by atoms with E-state index in [-0.39, 0.29) is 11.3 Å². The van der Waals surface area contributed by atoms with Crippen molar-refractivity contribution < 1.29 is 0 Å². The van der Waals surface area contributed by atoms with E-state index in [0.717, 1.165) is 12.1 Å². The minimum absolute atomic E-state index is 0.0586. The molecule has 1 atom stereocenters. The highest BCUT2D eigenvalue weighted by atomic mass is 15.0. The number of rotatable bonds is 8. The summed E-state index contributed by atoms with van der Waals surface area (Å²) >= 11 is 0. The molecule has 10 aromatic rings. The lowest BCUT2D eigenvalue weighted by molar-refractivity contribution is 0.657. The van der Waals surface area contributed by atoms with Gasteiger partial charge in [-0.3, -0.25) is 0 Å². The molecule has 0 saturated heterocycles. The van der Waals surface area contributed by atoms with Crippen molar-refractivity contribution in [2.45, 2.75) is 31.6 Å². The summed E-state index contributed by atoms with van der Waals surface area (Å²) in [5.41, 5.74) is 20.5. The molecule has 0 saturated carbocycles. The molecule has 0 N–H and O–H groups in total. The van der Waals surface area contributed by atoms with E-state index in [4.69, 9.17) is 0 Å². The Balaban J connectivity index is 0.966. The Kier molecular flexibility index (Phi) is 8.71. The predicted molar refractivity (Wildman–Crippen MR) is 253 cm³/mol. The standard InChI is InChI=1S/C59H45N/c1-59(2)55-22-11-9-20-50(55)51-34-30-48(39-56(51)59)53(45-26-24-43(25-27-45)41-15-5-3-6-16-41)37-40-14-13-19-46(36-40)47-31-35-58-54(38-47)52-21-10-12-23-57(52)60(58)49-32-28-44(29-33-49)42-17-7-4-8-18-42/h3-36,38-39,53H,37H2,1-2H3. The first kappa shape index (κ1) is 35.9. The molecule has 1 nitrogen and oxygen atoms in total. The third-order valence-electron chi connectivity index (χ3n) is 13.0. The third-order valence-corrected chi connectivity index (χ3v) is 13.0. The maximum atomic E-state index is 2.51. The van der Waals surface area contributed by atoms with Crippen LogP contribution in [0.3, 0.4) is 0 Å². The van der Waals surface area contributed by atoms with Gasteiger partial charge in [-0.05, 0) is 109 Å². The highest BCUT2D eigenvalue weighted by Gasteiger charge is 2.35. The SMILES string of the molecule is CC1(C)c2ccccc2-c2ccc(C(Cc3cccc(-c4ccc5c(c4)c4ccccc4n5-c4ccc(-c5ccccc5)cc4)c3)c3ccc(-c4ccccc4)cc3)cc21. The molecular formula is C59H45N. The highest BCUT2D eigenvalue weighted by Crippen LogP contribution is 2.50. The average molecular weight is 768 g/mol. The monoisotopic (exact) mass is 767 g/mol. The van der Waals surface area contributed by atoms with Gasteiger partial charge in [0.05, 0.1) is 11.0 Å². The minimum Gasteiger partial charge on any atom is -0.309 e. The number of fused-ring (bicyclic) bond motifs is 6. The van der Waals surface area contributed by atoms with Crippen LogP contribution >= 0.6 is 0 Å². The van der Waals surface area contributed by atoms with Crippen LogP contribution in [0.25, 0.3) is 72.0 Å². The van der Waals surface area contributed by atoms with Gasteiger partial charge in [-0.1, -0.05) is 202 Å². The van der Waals surface area contributed by atoms with Gasteiger partial charge >= 0.3 is 0 Å². The number of hydrogen-bond donors (Lipinski definition) is 0. The largest absolute Gasteiger partial charge is 0.309 e. The van der Waals surface area contributed by atoms with E-state index in [1.807, 2.05) is 0 Å². The van der Waals surface area contributed by atoms with E-state index in [2.05, 4.69) is 237 Å². The first-order chi connectivity index (χ1) is 29.5. The van der Waals surface area contributed by atoms with Gasteiger partial charge in [-0.2, -0.15) is 0 Å². The van der Waals surface area contributed by atoms with Crippen LogP contribution in [0.15, 0.2) is 218 Å². The first-order valence-electron chi connectivity index (χ1n) is 21.2. The van der Waals surface area contributed by atoms with E-state index < -0.39 is 0 Å². The molecule has 1 heteroatoms. The smallest absolute Gasteiger partial charge is 0.0541 e. The molecule has 1 unspecified atom stereocenters. The van der Waals surface area contributed by atoms with Crippen molar-refractivity contribution in [1.82, 2.24) is 4.57 Å².